The topological polar surface area (TPSA) is 332 Å². The Balaban J connectivity index is 1.42. The van der Waals surface area contributed by atoms with Gasteiger partial charge in [-0.2, -0.15) is 0 Å². The number of aliphatic hydroxyl groups is 14. The number of aliphatic hydroxyl groups excluding tert-OH is 14. The van der Waals surface area contributed by atoms with Gasteiger partial charge < -0.3 is 95.8 Å². The van der Waals surface area contributed by atoms with Crippen LogP contribution in [-0.2, 0) is 18.9 Å². The molecule has 19 nitrogen and oxygen atoms in total. The Hall–Kier alpha value is -1.02. The van der Waals surface area contributed by atoms with Gasteiger partial charge in [-0.15, -0.1) is 0 Å². The molecule has 19 heteroatoms. The van der Waals surface area contributed by atoms with E-state index in [-0.39, 0.29) is 12.0 Å². The van der Waals surface area contributed by atoms with Gasteiger partial charge in [-0.05, 0) is 12.0 Å². The van der Waals surface area contributed by atoms with Gasteiger partial charge in [0.15, 0.2) is 12.6 Å². The molecule has 0 aromatic heterocycles. The lowest BCUT2D eigenvalue weighted by atomic mass is 9.78. The molecule has 2 aliphatic heterocycles. The molecule has 45 heavy (non-hydrogen) atoms. The summed E-state index contributed by atoms with van der Waals surface area (Å²) in [4.78, 5) is 0. The first kappa shape index (κ1) is 36.8. The highest BCUT2D eigenvalue weighted by molar-refractivity contribution is 5.22. The van der Waals surface area contributed by atoms with E-state index in [9.17, 15) is 71.5 Å². The molecule has 2 saturated heterocycles. The van der Waals surface area contributed by atoms with Crippen molar-refractivity contribution in [2.75, 3.05) is 26.4 Å². The van der Waals surface area contributed by atoms with E-state index in [1.54, 1.807) is 0 Å². The van der Waals surface area contributed by atoms with Gasteiger partial charge in [-0.25, -0.2) is 0 Å². The summed E-state index contributed by atoms with van der Waals surface area (Å²) < 4.78 is 21.9. The minimum Gasteiger partial charge on any atom is -0.396 e. The molecule has 1 saturated carbocycles. The molecule has 3 fully saturated rings. The third-order valence-electron chi connectivity index (χ3n) is 8.99. The highest BCUT2D eigenvalue weighted by atomic mass is 16.7. The van der Waals surface area contributed by atoms with Crippen LogP contribution in [0.4, 0.5) is 0 Å². The van der Waals surface area contributed by atoms with Crippen LogP contribution in [-0.4, -0.2) is 208 Å². The number of nitrogens with one attached hydrogen (secondary N) is 1. The molecule has 2 aliphatic carbocycles. The normalized spacial score (nSPS) is 51.2. The lowest BCUT2D eigenvalue weighted by molar-refractivity contribution is -0.344. The number of ether oxygens (including phenoxy) is 4. The summed E-state index contributed by atoms with van der Waals surface area (Å²) in [5, 5.41) is 146. The SMILES string of the molecule is OCC1=C[C@H](N[C@H]2C[C@@H](CO)[C@H](O[C@@H]3O[C@H](CO[C@@H]4O[C@H](CO)[C@@H](O)[C@H](O)[C@H]4O)[C@@H](O)[C@H](O)[C@H]3O)[C@H](O)[C@@H]2O)[C@@H](O)[C@H](O)[C@H]1O. The van der Waals surface area contributed by atoms with E-state index in [0.717, 1.165) is 0 Å². The zero-order chi connectivity index (χ0) is 33.3. The average Bonchev–Trinajstić information content (AvgIpc) is 3.03. The Morgan fingerprint density at radius 2 is 1.24 bits per heavy atom. The summed E-state index contributed by atoms with van der Waals surface area (Å²) in [5.74, 6) is -0.943. The maximum Gasteiger partial charge on any atom is 0.187 e. The molecular formula is C26H45NO18. The van der Waals surface area contributed by atoms with Crippen molar-refractivity contribution in [1.82, 2.24) is 5.32 Å². The van der Waals surface area contributed by atoms with Gasteiger partial charge in [0.05, 0.1) is 38.1 Å². The van der Waals surface area contributed by atoms with E-state index in [1.807, 2.05) is 0 Å². The Bertz CT molecular complexity index is 974. The Labute approximate surface area is 256 Å². The summed E-state index contributed by atoms with van der Waals surface area (Å²) in [6.45, 7) is -2.59. The molecule has 2 heterocycles. The van der Waals surface area contributed by atoms with Gasteiger partial charge >= 0.3 is 0 Å². The first-order valence-electron chi connectivity index (χ1n) is 14.6. The summed E-state index contributed by atoms with van der Waals surface area (Å²) >= 11 is 0. The second-order valence-corrected chi connectivity index (χ2v) is 11.9. The van der Waals surface area contributed by atoms with Gasteiger partial charge in [0.2, 0.25) is 0 Å². The predicted molar refractivity (Wildman–Crippen MR) is 142 cm³/mol. The highest BCUT2D eigenvalue weighted by Gasteiger charge is 2.51. The summed E-state index contributed by atoms with van der Waals surface area (Å²) in [7, 11) is 0. The van der Waals surface area contributed by atoms with E-state index < -0.39 is 142 Å². The minimum atomic E-state index is -1.89. The number of rotatable bonds is 10. The fraction of sp³-hybridized carbons (Fsp3) is 0.923. The van der Waals surface area contributed by atoms with Crippen molar-refractivity contribution in [3.8, 4) is 0 Å². The van der Waals surface area contributed by atoms with E-state index in [2.05, 4.69) is 5.32 Å². The zero-order valence-electron chi connectivity index (χ0n) is 24.0. The van der Waals surface area contributed by atoms with Gasteiger partial charge in [-0.1, -0.05) is 6.08 Å². The quantitative estimate of drug-likeness (QED) is 0.0968. The lowest BCUT2D eigenvalue weighted by Crippen LogP contribution is -2.66. The second kappa shape index (κ2) is 15.5. The van der Waals surface area contributed by atoms with Gasteiger partial charge in [-0.3, -0.25) is 0 Å². The first-order chi connectivity index (χ1) is 21.2. The molecule has 0 bridgehead atoms. The number of hydrogen-bond donors (Lipinski definition) is 15. The molecule has 0 radical (unpaired) electrons. The Kier molecular flexibility index (Phi) is 12.7. The van der Waals surface area contributed by atoms with Crippen molar-refractivity contribution >= 4 is 0 Å². The summed E-state index contributed by atoms with van der Waals surface area (Å²) in [5.41, 5.74) is 0.0188. The molecule has 0 aromatic rings. The highest BCUT2D eigenvalue weighted by Crippen LogP contribution is 2.33. The van der Waals surface area contributed by atoms with Crippen LogP contribution in [0.3, 0.4) is 0 Å². The third kappa shape index (κ3) is 7.52. The Morgan fingerprint density at radius 1 is 0.644 bits per heavy atom. The average molecular weight is 660 g/mol. The molecule has 19 atom stereocenters. The van der Waals surface area contributed by atoms with E-state index in [1.165, 1.54) is 6.08 Å². The standard InChI is InChI=1S/C26H45NO18/c28-3-7-1-9(14(32)18(36)13(7)31)27-10-2-8(4-29)24(21(39)15(10)33)45-26-23(41)20(38)17(35)12(44-26)6-42-25-22(40)19(37)16(34)11(5-30)43-25/h1,8-41H,2-6H2/t8-,9-,10-,11+,12+,13-,14+,15+,16+,17+,18+,19-,20-,21+,22+,23+,24-,25+,26-/m0/s1. The van der Waals surface area contributed by atoms with Crippen molar-refractivity contribution in [2.24, 2.45) is 5.92 Å². The van der Waals surface area contributed by atoms with Crippen molar-refractivity contribution in [3.05, 3.63) is 11.6 Å². The van der Waals surface area contributed by atoms with Crippen molar-refractivity contribution in [2.45, 2.75) is 117 Å². The fourth-order valence-electron chi connectivity index (χ4n) is 6.15. The van der Waals surface area contributed by atoms with Crippen LogP contribution in [0.15, 0.2) is 11.6 Å². The lowest BCUT2D eigenvalue weighted by Gasteiger charge is -2.47. The number of hydrogen-bond acceptors (Lipinski definition) is 19. The van der Waals surface area contributed by atoms with Crippen LogP contribution in [0.1, 0.15) is 6.42 Å². The van der Waals surface area contributed by atoms with E-state index in [4.69, 9.17) is 18.9 Å². The van der Waals surface area contributed by atoms with Crippen LogP contribution in [0.25, 0.3) is 0 Å². The van der Waals surface area contributed by atoms with Crippen molar-refractivity contribution in [1.29, 1.82) is 0 Å². The molecule has 262 valence electrons. The maximum atomic E-state index is 11.0. The van der Waals surface area contributed by atoms with Crippen LogP contribution in [0.5, 0.6) is 0 Å². The molecule has 0 spiro atoms. The van der Waals surface area contributed by atoms with E-state index in [0.29, 0.717) is 0 Å². The van der Waals surface area contributed by atoms with Crippen LogP contribution in [0.2, 0.25) is 0 Å². The minimum absolute atomic E-state index is 0.0188. The van der Waals surface area contributed by atoms with Crippen molar-refractivity contribution in [3.63, 3.8) is 0 Å². The van der Waals surface area contributed by atoms with Crippen LogP contribution < -0.4 is 5.32 Å². The fourth-order valence-corrected chi connectivity index (χ4v) is 6.15. The largest absolute Gasteiger partial charge is 0.396 e. The molecule has 4 rings (SSSR count). The Morgan fingerprint density at radius 3 is 1.84 bits per heavy atom. The van der Waals surface area contributed by atoms with Gasteiger partial charge in [0.1, 0.15) is 73.2 Å². The van der Waals surface area contributed by atoms with Crippen molar-refractivity contribution < 1.29 is 90.4 Å². The first-order valence-corrected chi connectivity index (χ1v) is 14.6. The maximum absolute atomic E-state index is 11.0. The monoisotopic (exact) mass is 659 g/mol. The predicted octanol–water partition coefficient (Wildman–Crippen LogP) is -8.93. The second-order valence-electron chi connectivity index (χ2n) is 11.9. The zero-order valence-corrected chi connectivity index (χ0v) is 24.0. The summed E-state index contributed by atoms with van der Waals surface area (Å²) in [6, 6.07) is -2.08. The molecular weight excluding hydrogens is 614 g/mol. The molecule has 0 amide bonds. The van der Waals surface area contributed by atoms with Gasteiger partial charge in [0.25, 0.3) is 0 Å². The molecule has 15 N–H and O–H groups in total. The molecule has 4 aliphatic rings. The van der Waals surface area contributed by atoms with Crippen LogP contribution in [0, 0.1) is 5.92 Å². The van der Waals surface area contributed by atoms with Crippen LogP contribution >= 0.6 is 0 Å². The summed E-state index contributed by atoms with van der Waals surface area (Å²) in [6.07, 6.45) is -25.2. The smallest absolute Gasteiger partial charge is 0.187 e. The van der Waals surface area contributed by atoms with Gasteiger partial charge in [0, 0.05) is 18.6 Å². The third-order valence-corrected chi connectivity index (χ3v) is 8.99. The molecule has 0 aromatic carbocycles. The molecule has 0 unspecified atom stereocenters. The van der Waals surface area contributed by atoms with E-state index >= 15 is 0 Å².